The number of nitrogens with zero attached hydrogens (tertiary/aromatic N) is 2. The molecule has 9 heteroatoms. The van der Waals surface area contributed by atoms with E-state index in [1.807, 2.05) is 13.0 Å². The van der Waals surface area contributed by atoms with Crippen molar-refractivity contribution >= 4 is 23.8 Å². The molecule has 0 fully saturated rings. The van der Waals surface area contributed by atoms with E-state index in [1.165, 1.54) is 43.7 Å². The summed E-state index contributed by atoms with van der Waals surface area (Å²) in [5.74, 6) is -0.811. The minimum absolute atomic E-state index is 0.211. The SMILES string of the molecule is COc1ccc(C(=O)Oc2ccc(/C=N\NC(=O)c3cccc(C)c3)cc2[N+](=O)[O-])cc1. The lowest BCUT2D eigenvalue weighted by Crippen LogP contribution is -2.17. The number of esters is 1. The van der Waals surface area contributed by atoms with E-state index in [4.69, 9.17) is 9.47 Å². The van der Waals surface area contributed by atoms with Crippen molar-refractivity contribution in [2.75, 3.05) is 7.11 Å². The Kier molecular flexibility index (Phi) is 6.92. The van der Waals surface area contributed by atoms with Gasteiger partial charge in [0.25, 0.3) is 5.91 Å². The first-order valence-electron chi connectivity index (χ1n) is 9.42. The fourth-order valence-corrected chi connectivity index (χ4v) is 2.75. The first-order chi connectivity index (χ1) is 15.4. The molecule has 1 amide bonds. The van der Waals surface area contributed by atoms with Crippen LogP contribution in [0.5, 0.6) is 11.5 Å². The number of rotatable bonds is 7. The molecule has 0 aromatic heterocycles. The van der Waals surface area contributed by atoms with Crippen LogP contribution in [0, 0.1) is 17.0 Å². The Labute approximate surface area is 183 Å². The Morgan fingerprint density at radius 1 is 1.03 bits per heavy atom. The van der Waals surface area contributed by atoms with Crippen molar-refractivity contribution in [2.24, 2.45) is 5.10 Å². The minimum atomic E-state index is -0.748. The van der Waals surface area contributed by atoms with E-state index in [0.29, 0.717) is 16.9 Å². The highest BCUT2D eigenvalue weighted by Crippen LogP contribution is 2.28. The second-order valence-electron chi connectivity index (χ2n) is 6.67. The number of hydrazone groups is 1. The molecule has 0 unspecified atom stereocenters. The van der Waals surface area contributed by atoms with Crippen molar-refractivity contribution in [2.45, 2.75) is 6.92 Å². The minimum Gasteiger partial charge on any atom is -0.497 e. The van der Waals surface area contributed by atoms with Gasteiger partial charge in [0, 0.05) is 17.2 Å². The van der Waals surface area contributed by atoms with Crippen molar-refractivity contribution in [3.63, 3.8) is 0 Å². The van der Waals surface area contributed by atoms with Crippen molar-refractivity contribution in [1.82, 2.24) is 5.43 Å². The summed E-state index contributed by atoms with van der Waals surface area (Å²) in [5, 5.41) is 15.3. The molecule has 3 rings (SSSR count). The third kappa shape index (κ3) is 5.54. The maximum absolute atomic E-state index is 12.3. The van der Waals surface area contributed by atoms with Gasteiger partial charge in [0.15, 0.2) is 0 Å². The monoisotopic (exact) mass is 433 g/mol. The quantitative estimate of drug-likeness (QED) is 0.198. The first-order valence-corrected chi connectivity index (χ1v) is 9.42. The Hall–Kier alpha value is -4.53. The van der Waals surface area contributed by atoms with Gasteiger partial charge in [-0.05, 0) is 55.5 Å². The van der Waals surface area contributed by atoms with Crippen LogP contribution in [0.4, 0.5) is 5.69 Å². The summed E-state index contributed by atoms with van der Waals surface area (Å²) in [5.41, 5.74) is 3.87. The smallest absolute Gasteiger partial charge is 0.343 e. The molecule has 9 nitrogen and oxygen atoms in total. The second kappa shape index (κ2) is 9.98. The van der Waals surface area contributed by atoms with Gasteiger partial charge in [0.2, 0.25) is 5.75 Å². The van der Waals surface area contributed by atoms with Crippen molar-refractivity contribution < 1.29 is 24.0 Å². The third-order valence-corrected chi connectivity index (χ3v) is 4.37. The average molecular weight is 433 g/mol. The number of carbonyl (C=O) groups excluding carboxylic acids is 2. The number of amides is 1. The van der Waals surface area contributed by atoms with Gasteiger partial charge >= 0.3 is 11.7 Å². The van der Waals surface area contributed by atoms with Crippen LogP contribution in [0.15, 0.2) is 71.8 Å². The number of nitro benzene ring substituents is 1. The first kappa shape index (κ1) is 22.2. The Morgan fingerprint density at radius 3 is 2.44 bits per heavy atom. The third-order valence-electron chi connectivity index (χ3n) is 4.37. The zero-order valence-corrected chi connectivity index (χ0v) is 17.3. The number of benzene rings is 3. The van der Waals surface area contributed by atoms with E-state index >= 15 is 0 Å². The largest absolute Gasteiger partial charge is 0.497 e. The zero-order chi connectivity index (χ0) is 23.1. The number of nitro groups is 1. The molecule has 0 saturated heterocycles. The lowest BCUT2D eigenvalue weighted by atomic mass is 10.1. The van der Waals surface area contributed by atoms with Gasteiger partial charge in [-0.15, -0.1) is 0 Å². The lowest BCUT2D eigenvalue weighted by Gasteiger charge is -2.06. The number of aryl methyl sites for hydroxylation is 1. The summed E-state index contributed by atoms with van der Waals surface area (Å²) in [6.07, 6.45) is 1.26. The van der Waals surface area contributed by atoms with Crippen LogP contribution in [0.2, 0.25) is 0 Å². The van der Waals surface area contributed by atoms with Crippen LogP contribution in [-0.2, 0) is 0 Å². The number of carbonyl (C=O) groups is 2. The highest BCUT2D eigenvalue weighted by molar-refractivity contribution is 5.95. The number of hydrogen-bond acceptors (Lipinski definition) is 7. The molecule has 162 valence electrons. The number of ether oxygens (including phenoxy) is 2. The van der Waals surface area contributed by atoms with E-state index in [2.05, 4.69) is 10.5 Å². The zero-order valence-electron chi connectivity index (χ0n) is 17.3. The molecule has 0 radical (unpaired) electrons. The van der Waals surface area contributed by atoms with Gasteiger partial charge in [-0.25, -0.2) is 10.2 Å². The van der Waals surface area contributed by atoms with Gasteiger partial charge in [-0.1, -0.05) is 17.7 Å². The highest BCUT2D eigenvalue weighted by atomic mass is 16.6. The Balaban J connectivity index is 1.72. The predicted octanol–water partition coefficient (Wildman–Crippen LogP) is 3.89. The number of methoxy groups -OCH3 is 1. The van der Waals surface area contributed by atoms with Crippen LogP contribution in [0.25, 0.3) is 0 Å². The normalized spacial score (nSPS) is 10.6. The van der Waals surface area contributed by atoms with E-state index in [9.17, 15) is 19.7 Å². The Bertz CT molecular complexity index is 1190. The van der Waals surface area contributed by atoms with Gasteiger partial charge in [-0.3, -0.25) is 14.9 Å². The molecular weight excluding hydrogens is 414 g/mol. The molecule has 1 N–H and O–H groups in total. The van der Waals surface area contributed by atoms with Crippen molar-refractivity contribution in [3.8, 4) is 11.5 Å². The molecule has 32 heavy (non-hydrogen) atoms. The van der Waals surface area contributed by atoms with E-state index in [0.717, 1.165) is 5.56 Å². The molecule has 0 spiro atoms. The van der Waals surface area contributed by atoms with Gasteiger partial charge < -0.3 is 9.47 Å². The average Bonchev–Trinajstić information content (AvgIpc) is 2.79. The summed E-state index contributed by atoms with van der Waals surface area (Å²) in [4.78, 5) is 35.2. The molecular formula is C23H19N3O6. The molecule has 0 saturated carbocycles. The van der Waals surface area contributed by atoms with Crippen LogP contribution in [0.3, 0.4) is 0 Å². The van der Waals surface area contributed by atoms with Crippen LogP contribution in [-0.4, -0.2) is 30.1 Å². The topological polar surface area (TPSA) is 120 Å². The summed E-state index contributed by atoms with van der Waals surface area (Å²) in [7, 11) is 1.50. The molecule has 0 aliphatic heterocycles. The Morgan fingerprint density at radius 2 is 1.78 bits per heavy atom. The fraction of sp³-hybridized carbons (Fsp3) is 0.0870. The van der Waals surface area contributed by atoms with Crippen molar-refractivity contribution in [3.05, 3.63) is 99.1 Å². The molecule has 0 aliphatic rings. The summed E-state index contributed by atoms with van der Waals surface area (Å²) in [6.45, 7) is 1.86. The molecule has 0 heterocycles. The molecule has 3 aromatic carbocycles. The van der Waals surface area contributed by atoms with E-state index < -0.39 is 22.5 Å². The molecule has 0 aliphatic carbocycles. The molecule has 0 bridgehead atoms. The van der Waals surface area contributed by atoms with Crippen molar-refractivity contribution in [1.29, 1.82) is 0 Å². The lowest BCUT2D eigenvalue weighted by molar-refractivity contribution is -0.385. The van der Waals surface area contributed by atoms with Gasteiger partial charge in [0.05, 0.1) is 23.8 Å². The van der Waals surface area contributed by atoms with Gasteiger partial charge in [0.1, 0.15) is 5.75 Å². The summed E-state index contributed by atoms with van der Waals surface area (Å²) < 4.78 is 10.2. The predicted molar refractivity (Wildman–Crippen MR) is 117 cm³/mol. The van der Waals surface area contributed by atoms with Crippen LogP contribution in [0.1, 0.15) is 31.8 Å². The summed E-state index contributed by atoms with van der Waals surface area (Å²) >= 11 is 0. The fourth-order valence-electron chi connectivity index (χ4n) is 2.75. The molecule has 0 atom stereocenters. The summed E-state index contributed by atoms with van der Waals surface area (Å²) in [6, 6.07) is 17.1. The number of nitrogens with one attached hydrogen (secondary N) is 1. The van der Waals surface area contributed by atoms with E-state index in [-0.39, 0.29) is 11.3 Å². The van der Waals surface area contributed by atoms with Crippen LogP contribution < -0.4 is 14.9 Å². The number of hydrogen-bond donors (Lipinski definition) is 1. The second-order valence-corrected chi connectivity index (χ2v) is 6.67. The van der Waals surface area contributed by atoms with Gasteiger partial charge in [-0.2, -0.15) is 5.10 Å². The maximum Gasteiger partial charge on any atom is 0.343 e. The van der Waals surface area contributed by atoms with E-state index in [1.54, 1.807) is 30.3 Å². The standard InChI is InChI=1S/C23H19N3O6/c1-15-4-3-5-18(12-15)22(27)25-24-14-16-6-11-21(20(13-16)26(29)30)32-23(28)17-7-9-19(31-2)10-8-17/h3-14H,1-2H3,(H,25,27)/b24-14-. The molecule has 3 aromatic rings. The van der Waals surface area contributed by atoms with Crippen LogP contribution >= 0.6 is 0 Å². The highest BCUT2D eigenvalue weighted by Gasteiger charge is 2.19. The maximum atomic E-state index is 12.3.